The van der Waals surface area contributed by atoms with Gasteiger partial charge < -0.3 is 10.3 Å². The summed E-state index contributed by atoms with van der Waals surface area (Å²) in [6.45, 7) is 8.50. The van der Waals surface area contributed by atoms with Crippen LogP contribution in [0.4, 0.5) is 11.6 Å². The summed E-state index contributed by atoms with van der Waals surface area (Å²) in [5.41, 5.74) is 2.63. The molecule has 0 aromatic carbocycles. The number of thioether (sulfide) groups is 1. The van der Waals surface area contributed by atoms with Crippen molar-refractivity contribution in [2.45, 2.75) is 31.9 Å². The van der Waals surface area contributed by atoms with Gasteiger partial charge in [-0.2, -0.15) is 11.8 Å². The molecule has 0 radical (unpaired) electrons. The molecule has 1 aliphatic heterocycles. The van der Waals surface area contributed by atoms with Gasteiger partial charge in [-0.25, -0.2) is 15.8 Å². The molecule has 0 aliphatic carbocycles. The van der Waals surface area contributed by atoms with Crippen LogP contribution in [-0.4, -0.2) is 34.1 Å². The molecule has 1 saturated heterocycles. The molecule has 1 aromatic heterocycles. The van der Waals surface area contributed by atoms with E-state index in [1.54, 1.807) is 0 Å². The number of nitrogen functional groups attached to an aromatic ring is 1. The van der Waals surface area contributed by atoms with Gasteiger partial charge >= 0.3 is 0 Å². The lowest BCUT2D eigenvalue weighted by Crippen LogP contribution is -2.37. The minimum atomic E-state index is 0.300. The molecule has 1 unspecified atom stereocenters. The average Bonchev–Trinajstić information content (AvgIpc) is 2.38. The standard InChI is InChI=1S/C12H21N5S/c1-8(2)12-14-10(16-13)6-11(15-12)17-4-5-18-9(3)7-17/h6,8-9H,4-5,7,13H2,1-3H3,(H,14,15,16). The summed E-state index contributed by atoms with van der Waals surface area (Å²) in [6, 6.07) is 1.93. The highest BCUT2D eigenvalue weighted by Crippen LogP contribution is 2.25. The van der Waals surface area contributed by atoms with E-state index in [1.807, 2.05) is 17.8 Å². The van der Waals surface area contributed by atoms with Crippen molar-refractivity contribution in [3.63, 3.8) is 0 Å². The van der Waals surface area contributed by atoms with E-state index in [0.29, 0.717) is 17.0 Å². The van der Waals surface area contributed by atoms with Crippen LogP contribution in [0.5, 0.6) is 0 Å². The Balaban J connectivity index is 2.28. The molecule has 1 fully saturated rings. The second-order valence-corrected chi connectivity index (χ2v) is 6.44. The summed E-state index contributed by atoms with van der Waals surface area (Å²) < 4.78 is 0. The van der Waals surface area contributed by atoms with Crippen LogP contribution in [0.1, 0.15) is 32.5 Å². The molecular formula is C12H21N5S. The van der Waals surface area contributed by atoms with Gasteiger partial charge in [0.2, 0.25) is 0 Å². The van der Waals surface area contributed by atoms with Crippen molar-refractivity contribution in [2.24, 2.45) is 5.84 Å². The maximum atomic E-state index is 5.48. The first kappa shape index (κ1) is 13.4. The van der Waals surface area contributed by atoms with Crippen LogP contribution in [0.15, 0.2) is 6.07 Å². The van der Waals surface area contributed by atoms with E-state index in [0.717, 1.165) is 30.5 Å². The predicted octanol–water partition coefficient (Wildman–Crippen LogP) is 1.83. The van der Waals surface area contributed by atoms with Crippen LogP contribution >= 0.6 is 11.8 Å². The number of rotatable bonds is 3. The smallest absolute Gasteiger partial charge is 0.145 e. The minimum Gasteiger partial charge on any atom is -0.355 e. The van der Waals surface area contributed by atoms with Crippen LogP contribution in [0.25, 0.3) is 0 Å². The third-order valence-electron chi connectivity index (χ3n) is 2.96. The van der Waals surface area contributed by atoms with Crippen molar-refractivity contribution in [3.05, 3.63) is 11.9 Å². The Hall–Kier alpha value is -1.01. The topological polar surface area (TPSA) is 67.1 Å². The maximum absolute atomic E-state index is 5.48. The highest BCUT2D eigenvalue weighted by molar-refractivity contribution is 8.00. The van der Waals surface area contributed by atoms with Crippen LogP contribution in [-0.2, 0) is 0 Å². The second-order valence-electron chi connectivity index (χ2n) is 4.90. The van der Waals surface area contributed by atoms with Gasteiger partial charge in [0.15, 0.2) is 0 Å². The van der Waals surface area contributed by atoms with Crippen molar-refractivity contribution in [3.8, 4) is 0 Å². The molecular weight excluding hydrogens is 246 g/mol. The Morgan fingerprint density at radius 3 is 2.89 bits per heavy atom. The van der Waals surface area contributed by atoms with Crippen molar-refractivity contribution in [1.29, 1.82) is 0 Å². The highest BCUT2D eigenvalue weighted by atomic mass is 32.2. The van der Waals surface area contributed by atoms with Crippen LogP contribution in [0, 0.1) is 0 Å². The molecule has 18 heavy (non-hydrogen) atoms. The summed E-state index contributed by atoms with van der Waals surface area (Å²) in [7, 11) is 0. The van der Waals surface area contributed by atoms with Crippen LogP contribution < -0.4 is 16.2 Å². The van der Waals surface area contributed by atoms with E-state index >= 15 is 0 Å². The van der Waals surface area contributed by atoms with E-state index in [1.165, 1.54) is 0 Å². The van der Waals surface area contributed by atoms with Crippen molar-refractivity contribution < 1.29 is 0 Å². The molecule has 1 aromatic rings. The van der Waals surface area contributed by atoms with Crippen molar-refractivity contribution in [1.82, 2.24) is 9.97 Å². The third-order valence-corrected chi connectivity index (χ3v) is 4.10. The highest BCUT2D eigenvalue weighted by Gasteiger charge is 2.19. The SMILES string of the molecule is CC1CN(c2cc(NN)nc(C(C)C)n2)CCS1. The van der Waals surface area contributed by atoms with Gasteiger partial charge in [-0.05, 0) is 0 Å². The number of hydrazine groups is 1. The number of nitrogens with zero attached hydrogens (tertiary/aromatic N) is 3. The number of nitrogens with two attached hydrogens (primary N) is 1. The molecule has 0 spiro atoms. The lowest BCUT2D eigenvalue weighted by Gasteiger charge is -2.31. The Kier molecular flexibility index (Phi) is 4.29. The Morgan fingerprint density at radius 1 is 1.50 bits per heavy atom. The first-order valence-corrected chi connectivity index (χ1v) is 7.37. The molecule has 1 atom stereocenters. The van der Waals surface area contributed by atoms with E-state index in [4.69, 9.17) is 5.84 Å². The molecule has 0 amide bonds. The summed E-state index contributed by atoms with van der Waals surface area (Å²) in [5, 5.41) is 0.644. The predicted molar refractivity (Wildman–Crippen MR) is 78.1 cm³/mol. The maximum Gasteiger partial charge on any atom is 0.145 e. The Labute approximate surface area is 113 Å². The number of hydrogen-bond acceptors (Lipinski definition) is 6. The quantitative estimate of drug-likeness (QED) is 0.643. The zero-order valence-electron chi connectivity index (χ0n) is 11.2. The molecule has 0 bridgehead atoms. The molecule has 2 heterocycles. The molecule has 100 valence electrons. The normalized spacial score (nSPS) is 20.3. The number of anilines is 2. The number of nitrogens with one attached hydrogen (secondary N) is 1. The second kappa shape index (κ2) is 5.75. The summed E-state index contributed by atoms with van der Waals surface area (Å²) in [5.74, 6) is 9.44. The van der Waals surface area contributed by atoms with E-state index in [-0.39, 0.29) is 0 Å². The van der Waals surface area contributed by atoms with E-state index < -0.39 is 0 Å². The first-order chi connectivity index (χ1) is 8.60. The first-order valence-electron chi connectivity index (χ1n) is 6.32. The summed E-state index contributed by atoms with van der Waals surface area (Å²) >= 11 is 2.01. The number of aromatic nitrogens is 2. The summed E-state index contributed by atoms with van der Waals surface area (Å²) in [6.07, 6.45) is 0. The third kappa shape index (κ3) is 3.05. The summed E-state index contributed by atoms with van der Waals surface area (Å²) in [4.78, 5) is 11.4. The lowest BCUT2D eigenvalue weighted by molar-refractivity contribution is 0.735. The van der Waals surface area contributed by atoms with Gasteiger partial charge in [0.05, 0.1) is 0 Å². The molecule has 5 nitrogen and oxygen atoms in total. The fourth-order valence-corrected chi connectivity index (χ4v) is 2.99. The van der Waals surface area contributed by atoms with E-state index in [2.05, 4.69) is 41.1 Å². The Bertz CT molecular complexity index is 409. The van der Waals surface area contributed by atoms with Crippen molar-refractivity contribution in [2.75, 3.05) is 29.2 Å². The fourth-order valence-electron chi connectivity index (χ4n) is 1.97. The monoisotopic (exact) mass is 267 g/mol. The van der Waals surface area contributed by atoms with Crippen molar-refractivity contribution >= 4 is 23.4 Å². The van der Waals surface area contributed by atoms with Gasteiger partial charge in [0, 0.05) is 36.1 Å². The molecule has 2 rings (SSSR count). The largest absolute Gasteiger partial charge is 0.355 e. The molecule has 3 N–H and O–H groups in total. The van der Waals surface area contributed by atoms with Crippen LogP contribution in [0.3, 0.4) is 0 Å². The fraction of sp³-hybridized carbons (Fsp3) is 0.667. The van der Waals surface area contributed by atoms with Gasteiger partial charge in [-0.1, -0.05) is 20.8 Å². The van der Waals surface area contributed by atoms with Crippen LogP contribution in [0.2, 0.25) is 0 Å². The zero-order valence-corrected chi connectivity index (χ0v) is 12.0. The molecule has 6 heteroatoms. The van der Waals surface area contributed by atoms with Gasteiger partial charge in [-0.3, -0.25) is 0 Å². The minimum absolute atomic E-state index is 0.300. The lowest BCUT2D eigenvalue weighted by atomic mass is 10.2. The van der Waals surface area contributed by atoms with E-state index in [9.17, 15) is 0 Å². The van der Waals surface area contributed by atoms with Gasteiger partial charge in [0.1, 0.15) is 17.5 Å². The van der Waals surface area contributed by atoms with Gasteiger partial charge in [-0.15, -0.1) is 0 Å². The average molecular weight is 267 g/mol. The van der Waals surface area contributed by atoms with Gasteiger partial charge in [0.25, 0.3) is 0 Å². The molecule has 0 saturated carbocycles. The molecule has 1 aliphatic rings. The number of hydrogen-bond donors (Lipinski definition) is 2. The Morgan fingerprint density at radius 2 is 2.28 bits per heavy atom. The zero-order chi connectivity index (χ0) is 13.1.